The normalized spacial score (nSPS) is 14.2. The first-order chi connectivity index (χ1) is 11.8. The maximum absolute atomic E-state index is 11.8. The third kappa shape index (κ3) is 3.06. The van der Waals surface area contributed by atoms with E-state index >= 15 is 0 Å². The lowest BCUT2D eigenvalue weighted by Gasteiger charge is -2.13. The van der Waals surface area contributed by atoms with Gasteiger partial charge in [0.25, 0.3) is 0 Å². The van der Waals surface area contributed by atoms with Gasteiger partial charge in [-0.05, 0) is 43.4 Å². The highest BCUT2D eigenvalue weighted by molar-refractivity contribution is 6.37. The van der Waals surface area contributed by atoms with Crippen LogP contribution < -0.4 is 11.5 Å². The van der Waals surface area contributed by atoms with Crippen LogP contribution in [0.1, 0.15) is 29.7 Å². The topological polar surface area (TPSA) is 86.9 Å². The summed E-state index contributed by atoms with van der Waals surface area (Å²) < 4.78 is 10.9. The van der Waals surface area contributed by atoms with Crippen LogP contribution in [0, 0.1) is 19.3 Å². The summed E-state index contributed by atoms with van der Waals surface area (Å²) in [4.78, 5) is 11.8. The van der Waals surface area contributed by atoms with Gasteiger partial charge in [0.2, 0.25) is 5.91 Å². The molecule has 0 bridgehead atoms. The first kappa shape index (κ1) is 19.1. The van der Waals surface area contributed by atoms with Crippen LogP contribution >= 0.6 is 23.2 Å². The zero-order valence-corrected chi connectivity index (χ0v) is 15.2. The molecule has 2 aromatic rings. The third-order valence-electron chi connectivity index (χ3n) is 4.13. The average Bonchev–Trinajstić information content (AvgIpc) is 3.29. The van der Waals surface area contributed by atoms with Crippen LogP contribution in [0.3, 0.4) is 0 Å². The number of alkyl halides is 1. The fraction of sp³-hybridized carbons (Fsp3) is 0.294. The molecule has 1 heterocycles. The first-order valence-corrected chi connectivity index (χ1v) is 8.06. The van der Waals surface area contributed by atoms with Crippen molar-refractivity contribution in [3.8, 4) is 18.0 Å². The second-order valence-corrected chi connectivity index (χ2v) is 6.50. The third-order valence-corrected chi connectivity index (χ3v) is 4.71. The SMILES string of the molecule is C#Cc1nn(-c2c(Cl)cc(C)cc2Cl)c(N)c1C1(C(N)=O)CC1.CF. The monoisotopic (exact) mass is 382 g/mol. The predicted octanol–water partition coefficient (Wildman–Crippen LogP) is 3.15. The number of nitrogen functional groups attached to an aromatic ring is 1. The highest BCUT2D eigenvalue weighted by Crippen LogP contribution is 2.51. The quantitative estimate of drug-likeness (QED) is 0.799. The minimum Gasteiger partial charge on any atom is -0.383 e. The number of aryl methyl sites for hydroxylation is 1. The Bertz CT molecular complexity index is 858. The summed E-state index contributed by atoms with van der Waals surface area (Å²) in [7, 11) is 0.500. The van der Waals surface area contributed by atoms with Crippen LogP contribution in [0.2, 0.25) is 10.0 Å². The lowest BCUT2D eigenvalue weighted by atomic mass is 9.95. The largest absolute Gasteiger partial charge is 0.383 e. The number of amides is 1. The van der Waals surface area contributed by atoms with E-state index in [4.69, 9.17) is 41.1 Å². The number of hydrogen-bond donors (Lipinski definition) is 2. The minimum atomic E-state index is -0.840. The number of benzene rings is 1. The molecule has 4 N–H and O–H groups in total. The summed E-state index contributed by atoms with van der Waals surface area (Å²) in [6.07, 6.45) is 6.74. The zero-order chi connectivity index (χ0) is 18.9. The summed E-state index contributed by atoms with van der Waals surface area (Å²) in [6, 6.07) is 3.50. The van der Waals surface area contributed by atoms with Crippen molar-refractivity contribution >= 4 is 34.9 Å². The van der Waals surface area contributed by atoms with Crippen LogP contribution in [0.4, 0.5) is 10.2 Å². The Morgan fingerprint density at radius 3 is 2.28 bits per heavy atom. The van der Waals surface area contributed by atoms with E-state index in [1.807, 2.05) is 6.92 Å². The molecule has 5 nitrogen and oxygen atoms in total. The molecule has 0 spiro atoms. The summed E-state index contributed by atoms with van der Waals surface area (Å²) in [5.41, 5.74) is 13.0. The van der Waals surface area contributed by atoms with Crippen LogP contribution in [0.25, 0.3) is 5.69 Å². The van der Waals surface area contributed by atoms with Crippen LogP contribution in [-0.2, 0) is 10.2 Å². The number of aromatic nitrogens is 2. The van der Waals surface area contributed by atoms with Crippen molar-refractivity contribution in [2.24, 2.45) is 5.73 Å². The number of carbonyl (C=O) groups is 1. The Labute approximate surface area is 155 Å². The number of terminal acetylenes is 1. The Morgan fingerprint density at radius 1 is 1.36 bits per heavy atom. The molecule has 0 saturated heterocycles. The molecule has 1 aromatic heterocycles. The summed E-state index contributed by atoms with van der Waals surface area (Å²) in [6.45, 7) is 1.87. The second-order valence-electron chi connectivity index (χ2n) is 5.69. The molecule has 1 saturated carbocycles. The Hall–Kier alpha value is -2.23. The Balaban J connectivity index is 0.00000109. The average molecular weight is 383 g/mol. The smallest absolute Gasteiger partial charge is 0.228 e. The number of carbonyl (C=O) groups excluding carboxylic acids is 1. The maximum Gasteiger partial charge on any atom is 0.228 e. The van der Waals surface area contributed by atoms with Crippen molar-refractivity contribution in [2.45, 2.75) is 25.2 Å². The second kappa shape index (κ2) is 6.95. The van der Waals surface area contributed by atoms with E-state index in [1.165, 1.54) is 4.68 Å². The van der Waals surface area contributed by atoms with E-state index in [9.17, 15) is 9.18 Å². The van der Waals surface area contributed by atoms with Crippen LogP contribution in [-0.4, -0.2) is 22.9 Å². The van der Waals surface area contributed by atoms with Crippen molar-refractivity contribution in [1.29, 1.82) is 0 Å². The Kier molecular flexibility index (Phi) is 5.31. The van der Waals surface area contributed by atoms with Crippen molar-refractivity contribution in [1.82, 2.24) is 9.78 Å². The molecule has 0 radical (unpaired) electrons. The lowest BCUT2D eigenvalue weighted by molar-refractivity contribution is -0.120. The van der Waals surface area contributed by atoms with E-state index in [-0.39, 0.29) is 11.5 Å². The van der Waals surface area contributed by atoms with E-state index < -0.39 is 11.3 Å². The number of hydrogen-bond acceptors (Lipinski definition) is 3. The van der Waals surface area contributed by atoms with Crippen LogP contribution in [0.5, 0.6) is 0 Å². The van der Waals surface area contributed by atoms with Crippen molar-refractivity contribution < 1.29 is 9.18 Å². The van der Waals surface area contributed by atoms with Gasteiger partial charge in [-0.15, -0.1) is 6.42 Å². The molecule has 25 heavy (non-hydrogen) atoms. The number of primary amides is 1. The fourth-order valence-electron chi connectivity index (χ4n) is 2.81. The van der Waals surface area contributed by atoms with E-state index in [2.05, 4.69) is 11.0 Å². The number of rotatable bonds is 3. The van der Waals surface area contributed by atoms with Gasteiger partial charge in [-0.25, -0.2) is 4.68 Å². The van der Waals surface area contributed by atoms with E-state index in [0.717, 1.165) is 5.56 Å². The first-order valence-electron chi connectivity index (χ1n) is 7.31. The fourth-order valence-corrected chi connectivity index (χ4v) is 3.57. The summed E-state index contributed by atoms with van der Waals surface area (Å²) in [5, 5.41) is 5.10. The van der Waals surface area contributed by atoms with Crippen molar-refractivity contribution in [3.05, 3.63) is 39.0 Å². The highest BCUT2D eigenvalue weighted by Gasteiger charge is 2.54. The number of nitrogens with two attached hydrogens (primary N) is 2. The van der Waals surface area contributed by atoms with Crippen molar-refractivity contribution in [3.63, 3.8) is 0 Å². The number of anilines is 1. The maximum atomic E-state index is 11.8. The molecular weight excluding hydrogens is 366 g/mol. The van der Waals surface area contributed by atoms with E-state index in [0.29, 0.717) is 41.3 Å². The molecule has 0 atom stereocenters. The van der Waals surface area contributed by atoms with Gasteiger partial charge in [0.15, 0.2) is 0 Å². The molecule has 0 aliphatic heterocycles. The molecular formula is C17H17Cl2FN4O. The summed E-state index contributed by atoms with van der Waals surface area (Å²) in [5.74, 6) is 2.25. The molecule has 1 aromatic carbocycles. The van der Waals surface area contributed by atoms with Gasteiger partial charge in [-0.3, -0.25) is 9.18 Å². The van der Waals surface area contributed by atoms with Gasteiger partial charge in [0.1, 0.15) is 17.2 Å². The predicted molar refractivity (Wildman–Crippen MR) is 97.8 cm³/mol. The zero-order valence-electron chi connectivity index (χ0n) is 13.7. The lowest BCUT2D eigenvalue weighted by Crippen LogP contribution is -2.29. The molecule has 0 unspecified atom stereocenters. The number of nitrogens with zero attached hydrogens (tertiary/aromatic N) is 2. The van der Waals surface area contributed by atoms with Gasteiger partial charge < -0.3 is 11.5 Å². The van der Waals surface area contributed by atoms with Crippen molar-refractivity contribution in [2.75, 3.05) is 12.9 Å². The van der Waals surface area contributed by atoms with Gasteiger partial charge in [0.05, 0.1) is 22.6 Å². The molecule has 1 fully saturated rings. The van der Waals surface area contributed by atoms with Crippen LogP contribution in [0.15, 0.2) is 12.1 Å². The Morgan fingerprint density at radius 2 is 1.88 bits per heavy atom. The van der Waals surface area contributed by atoms with Gasteiger partial charge in [0, 0.05) is 5.56 Å². The standard InChI is InChI=1S/C16H14Cl2N4O.CH3F/c1-3-11-12(16(4-5-16)15(20)23)14(19)22(21-11)13-9(17)6-8(2)7-10(13)18;1-2/h1,6-7H,4-5,19H2,2H3,(H2,20,23);1H3. The van der Waals surface area contributed by atoms with Gasteiger partial charge in [-0.2, -0.15) is 5.10 Å². The van der Waals surface area contributed by atoms with Gasteiger partial charge in [-0.1, -0.05) is 23.2 Å². The minimum absolute atomic E-state index is 0.238. The molecule has 3 rings (SSSR count). The molecule has 1 amide bonds. The van der Waals surface area contributed by atoms with Gasteiger partial charge >= 0.3 is 0 Å². The molecule has 8 heteroatoms. The highest BCUT2D eigenvalue weighted by atomic mass is 35.5. The molecule has 1 aliphatic carbocycles. The molecule has 1 aliphatic rings. The van der Waals surface area contributed by atoms with E-state index in [1.54, 1.807) is 12.1 Å². The molecule has 132 valence electrons. The summed E-state index contributed by atoms with van der Waals surface area (Å²) >= 11 is 12.6. The number of halogens is 3.